The van der Waals surface area contributed by atoms with Gasteiger partial charge in [0.25, 0.3) is 5.91 Å². The van der Waals surface area contributed by atoms with Gasteiger partial charge in [-0.3, -0.25) is 24.5 Å². The minimum atomic E-state index is -0.830. The number of hydrogen-bond acceptors (Lipinski definition) is 8. The van der Waals surface area contributed by atoms with Crippen molar-refractivity contribution in [3.05, 3.63) is 116 Å². The fourth-order valence-electron chi connectivity index (χ4n) is 11.8. The smallest absolute Gasteiger partial charge is 0.255 e. The van der Waals surface area contributed by atoms with E-state index >= 15 is 4.39 Å². The van der Waals surface area contributed by atoms with Crippen LogP contribution in [-0.4, -0.2) is 73.4 Å². The molecule has 11 nitrogen and oxygen atoms in total. The number of nitrogens with zero attached hydrogens (tertiary/aromatic N) is 2. The maximum Gasteiger partial charge on any atom is 0.255 e. The third-order valence-corrected chi connectivity index (χ3v) is 15.6. The zero-order chi connectivity index (χ0) is 46.9. The first-order chi connectivity index (χ1) is 32.1. The molecule has 4 amide bonds. The van der Waals surface area contributed by atoms with Crippen LogP contribution in [0, 0.1) is 40.8 Å². The van der Waals surface area contributed by atoms with Gasteiger partial charge in [0.15, 0.2) is 0 Å². The van der Waals surface area contributed by atoms with E-state index < -0.39 is 35.1 Å². The van der Waals surface area contributed by atoms with Gasteiger partial charge in [0.2, 0.25) is 17.7 Å². The Morgan fingerprint density at radius 1 is 1.03 bits per heavy atom. The molecule has 6 aliphatic rings. The van der Waals surface area contributed by atoms with Crippen LogP contribution in [0.2, 0.25) is 10.0 Å². The molecular formula is C53H55Cl2FN6O5. The summed E-state index contributed by atoms with van der Waals surface area (Å²) in [5.41, 5.74) is 5.14. The summed E-state index contributed by atoms with van der Waals surface area (Å²) in [7, 11) is 1.60. The molecule has 67 heavy (non-hydrogen) atoms. The number of nitrogens with one attached hydrogen (secondary N) is 4. The molecule has 1 saturated carbocycles. The van der Waals surface area contributed by atoms with E-state index in [9.17, 15) is 19.2 Å². The van der Waals surface area contributed by atoms with Gasteiger partial charge < -0.3 is 30.5 Å². The Kier molecular flexibility index (Phi) is 11.8. The third kappa shape index (κ3) is 8.31. The second-order valence-electron chi connectivity index (χ2n) is 20.4. The second kappa shape index (κ2) is 17.5. The summed E-state index contributed by atoms with van der Waals surface area (Å²) in [6.07, 6.45) is 4.39. The van der Waals surface area contributed by atoms with Gasteiger partial charge in [0.05, 0.1) is 23.9 Å². The van der Waals surface area contributed by atoms with E-state index in [1.807, 2.05) is 48.5 Å². The molecule has 0 bridgehead atoms. The lowest BCUT2D eigenvalue weighted by Gasteiger charge is -2.39. The first kappa shape index (κ1) is 45.2. The maximum absolute atomic E-state index is 16.4. The van der Waals surface area contributed by atoms with Crippen molar-refractivity contribution in [1.29, 1.82) is 0 Å². The first-order valence-electron chi connectivity index (χ1n) is 23.4. The zero-order valence-corrected chi connectivity index (χ0v) is 39.6. The summed E-state index contributed by atoms with van der Waals surface area (Å²) < 4.78 is 22.3. The predicted octanol–water partition coefficient (Wildman–Crippen LogP) is 8.67. The molecule has 4 aromatic carbocycles. The van der Waals surface area contributed by atoms with Crippen LogP contribution in [0.4, 0.5) is 21.5 Å². The number of carbonyl (C=O) groups excluding carboxylic acids is 4. The van der Waals surface area contributed by atoms with Gasteiger partial charge >= 0.3 is 0 Å². The van der Waals surface area contributed by atoms with Crippen molar-refractivity contribution in [2.75, 3.05) is 42.3 Å². The summed E-state index contributed by atoms with van der Waals surface area (Å²) in [5.74, 6) is 6.21. The zero-order valence-electron chi connectivity index (χ0n) is 38.1. The number of hydrogen-bond donors (Lipinski definition) is 4. The summed E-state index contributed by atoms with van der Waals surface area (Å²) >= 11 is 13.0. The summed E-state index contributed by atoms with van der Waals surface area (Å²) in [4.78, 5) is 56.5. The Morgan fingerprint density at radius 3 is 2.64 bits per heavy atom. The van der Waals surface area contributed by atoms with E-state index in [1.165, 1.54) is 6.07 Å². The molecular weight excluding hydrogens is 891 g/mol. The molecule has 0 aromatic heterocycles. The number of piperidine rings is 2. The van der Waals surface area contributed by atoms with Gasteiger partial charge in [0, 0.05) is 89.5 Å². The number of rotatable bonds is 8. The van der Waals surface area contributed by atoms with Crippen LogP contribution in [0.15, 0.2) is 72.8 Å². The van der Waals surface area contributed by atoms with E-state index in [0.29, 0.717) is 65.4 Å². The highest BCUT2D eigenvalue weighted by Gasteiger charge is 2.61. The summed E-state index contributed by atoms with van der Waals surface area (Å²) in [6, 6.07) is 20.6. The molecule has 14 heteroatoms. The van der Waals surface area contributed by atoms with Gasteiger partial charge in [-0.2, -0.15) is 0 Å². The highest BCUT2D eigenvalue weighted by atomic mass is 35.5. The van der Waals surface area contributed by atoms with Crippen molar-refractivity contribution in [2.24, 2.45) is 23.2 Å². The normalized spacial score (nSPS) is 27.5. The highest BCUT2D eigenvalue weighted by Crippen LogP contribution is 2.57. The van der Waals surface area contributed by atoms with Gasteiger partial charge in [-0.1, -0.05) is 80.1 Å². The van der Waals surface area contributed by atoms with Crippen molar-refractivity contribution in [3.8, 4) is 17.6 Å². The number of anilines is 3. The molecule has 8 atom stereocenters. The van der Waals surface area contributed by atoms with Gasteiger partial charge in [0.1, 0.15) is 17.6 Å². The largest absolute Gasteiger partial charge is 0.494 e. The Balaban J connectivity index is 0.851. The molecule has 1 aliphatic carbocycles. The highest BCUT2D eigenvalue weighted by molar-refractivity contribution is 6.31. The number of benzene rings is 4. The Labute approximate surface area is 400 Å². The van der Waals surface area contributed by atoms with Crippen molar-refractivity contribution in [2.45, 2.75) is 95.3 Å². The lowest BCUT2D eigenvalue weighted by atomic mass is 9.63. The number of fused-ring (bicyclic) bond motifs is 3. The Bertz CT molecular complexity index is 2770. The lowest BCUT2D eigenvalue weighted by Crippen LogP contribution is -2.52. The Hall–Kier alpha value is -5.61. The molecule has 10 rings (SSSR count). The molecule has 4 N–H and O–H groups in total. The predicted molar refractivity (Wildman–Crippen MR) is 258 cm³/mol. The fraction of sp³-hybridized carbons (Fsp3) is 0.434. The lowest BCUT2D eigenvalue weighted by molar-refractivity contribution is -0.137. The molecule has 1 unspecified atom stereocenters. The van der Waals surface area contributed by atoms with Crippen LogP contribution in [0.25, 0.3) is 0 Å². The topological polar surface area (TPSA) is 132 Å². The average Bonchev–Trinajstić information content (AvgIpc) is 3.74. The van der Waals surface area contributed by atoms with Gasteiger partial charge in [-0.15, -0.1) is 0 Å². The summed E-state index contributed by atoms with van der Waals surface area (Å²) in [6.45, 7) is 9.05. The number of ether oxygens (including phenoxy) is 1. The van der Waals surface area contributed by atoms with Crippen LogP contribution in [-0.2, 0) is 26.3 Å². The van der Waals surface area contributed by atoms with Crippen LogP contribution in [0.1, 0.15) is 97.8 Å². The molecule has 4 aromatic rings. The van der Waals surface area contributed by atoms with Crippen molar-refractivity contribution in [1.82, 2.24) is 15.5 Å². The molecule has 348 valence electrons. The van der Waals surface area contributed by atoms with Crippen LogP contribution < -0.4 is 30.9 Å². The molecule has 1 spiro atoms. The van der Waals surface area contributed by atoms with Crippen molar-refractivity contribution >= 4 is 63.9 Å². The van der Waals surface area contributed by atoms with Gasteiger partial charge in [-0.25, -0.2) is 4.39 Å². The number of amides is 4. The van der Waals surface area contributed by atoms with E-state index in [1.54, 1.807) is 30.2 Å². The first-order valence-corrected chi connectivity index (χ1v) is 24.1. The van der Waals surface area contributed by atoms with E-state index in [0.717, 1.165) is 60.4 Å². The maximum atomic E-state index is 16.4. The number of carbonyl (C=O) groups is 4. The monoisotopic (exact) mass is 944 g/mol. The second-order valence-corrected chi connectivity index (χ2v) is 21.2. The van der Waals surface area contributed by atoms with E-state index in [4.69, 9.17) is 27.9 Å². The van der Waals surface area contributed by atoms with Crippen LogP contribution in [0.5, 0.6) is 5.75 Å². The van der Waals surface area contributed by atoms with E-state index in [2.05, 4.69) is 58.8 Å². The SMILES string of the molecule is COc1cc(N2CCC[C@@H]([C@H]3C[C@H]3C#Cc3cccc4c3CN(C3CCC(=O)NC3=O)C4=O)C2)ccc1NC(=O)[C@@H]1N[C@@H](CC(C)(C)C)[C@@]2(CNc3cc(Cl)ccc32)[C@H]1c1cccc(Cl)c1F. The summed E-state index contributed by atoms with van der Waals surface area (Å²) in [5, 5.41) is 13.5. The molecule has 4 fully saturated rings. The fourth-order valence-corrected chi connectivity index (χ4v) is 12.2. The molecule has 5 heterocycles. The quantitative estimate of drug-likeness (QED) is 0.102. The molecule has 3 saturated heterocycles. The minimum Gasteiger partial charge on any atom is -0.494 e. The van der Waals surface area contributed by atoms with Crippen LogP contribution >= 0.6 is 23.2 Å². The standard InChI is InChI=1S/C53H55Cl2FN6O5/c1-52(2,3)25-44-53(28-57-41-23-32(54)15-17-38(41)53)46(35-11-6-12-39(55)47(35)56)48(59-44)50(65)58-40-18-16-33(24-43(40)67-4)61-21-7-9-31(26-61)36-22-30(36)14-13-29-8-5-10-34-37(29)27-62(51(34)66)42-19-20-45(63)60-49(42)64/h5-6,8,10-12,15-18,23-24,30-31,36,42,44,46,48,57,59H,7,9,19-22,25-28H2,1-4H3,(H,58,65)(H,60,63,64)/t30-,31-,36+,42?,44+,46+,48-,53+/m1/s1. The minimum absolute atomic E-state index is 0.00566. The number of imide groups is 1. The van der Waals surface area contributed by atoms with Crippen LogP contribution in [0.3, 0.4) is 0 Å². The third-order valence-electron chi connectivity index (χ3n) is 15.0. The number of halogens is 3. The van der Waals surface area contributed by atoms with E-state index in [-0.39, 0.29) is 46.5 Å². The average molecular weight is 946 g/mol. The molecule has 5 aliphatic heterocycles. The number of methoxy groups -OCH3 is 1. The van der Waals surface area contributed by atoms with Crippen molar-refractivity contribution in [3.63, 3.8) is 0 Å². The van der Waals surface area contributed by atoms with Crippen molar-refractivity contribution < 1.29 is 28.3 Å². The molecule has 0 radical (unpaired) electrons. The van der Waals surface area contributed by atoms with Gasteiger partial charge in [-0.05, 0) is 109 Å². The Morgan fingerprint density at radius 2 is 1.85 bits per heavy atom.